The van der Waals surface area contributed by atoms with Crippen molar-refractivity contribution in [3.8, 4) is 0 Å². The van der Waals surface area contributed by atoms with Crippen LogP contribution in [0.1, 0.15) is 37.7 Å². The van der Waals surface area contributed by atoms with Crippen molar-refractivity contribution >= 4 is 39.3 Å². The van der Waals surface area contributed by atoms with Crippen LogP contribution in [0.2, 0.25) is 0 Å². The fourth-order valence-corrected chi connectivity index (χ4v) is 6.05. The van der Waals surface area contributed by atoms with E-state index in [1.165, 1.54) is 10.5 Å². The lowest BCUT2D eigenvalue weighted by atomic mass is 10.1. The monoisotopic (exact) mass is 406 g/mol. The Balaban J connectivity index is 1.72. The minimum Gasteiger partial charge on any atom is -0.481 e. The molecule has 2 aromatic rings. The predicted octanol–water partition coefficient (Wildman–Crippen LogP) is 6.76. The standard InChI is InChI=1S/C21H26O2S3/c22-21(23)14-8-7-11-19(24-17-18-9-3-1-4-10-18)15-16-25-26-20-12-5-2-6-13-20/h1-6,9-10,12-13,19H,7-8,11,14-17H2,(H,22,23). The molecule has 0 heterocycles. The van der Waals surface area contributed by atoms with Crippen molar-refractivity contribution in [1.29, 1.82) is 0 Å². The van der Waals surface area contributed by atoms with Crippen molar-refractivity contribution in [2.45, 2.75) is 48.0 Å². The Kier molecular flexibility index (Phi) is 10.8. The van der Waals surface area contributed by atoms with Crippen molar-refractivity contribution in [3.05, 3.63) is 66.2 Å². The van der Waals surface area contributed by atoms with E-state index in [4.69, 9.17) is 5.11 Å². The Bertz CT molecular complexity index is 620. The summed E-state index contributed by atoms with van der Waals surface area (Å²) < 4.78 is 0. The van der Waals surface area contributed by atoms with Gasteiger partial charge in [0.15, 0.2) is 0 Å². The fourth-order valence-electron chi connectivity index (χ4n) is 2.51. The average Bonchev–Trinajstić information content (AvgIpc) is 2.67. The molecule has 0 spiro atoms. The third kappa shape index (κ3) is 9.60. The van der Waals surface area contributed by atoms with Crippen molar-refractivity contribution in [3.63, 3.8) is 0 Å². The molecule has 2 nitrogen and oxygen atoms in total. The molecule has 0 amide bonds. The van der Waals surface area contributed by atoms with Gasteiger partial charge in [0.1, 0.15) is 0 Å². The fraction of sp³-hybridized carbons (Fsp3) is 0.381. The SMILES string of the molecule is O=C(O)CCCCC(CCSSc1ccccc1)SCc1ccccc1. The lowest BCUT2D eigenvalue weighted by molar-refractivity contribution is -0.137. The van der Waals surface area contributed by atoms with Crippen LogP contribution in [0.3, 0.4) is 0 Å². The molecule has 0 bridgehead atoms. The van der Waals surface area contributed by atoms with Crippen molar-refractivity contribution < 1.29 is 9.90 Å². The number of carboxylic acids is 1. The van der Waals surface area contributed by atoms with Gasteiger partial charge in [0, 0.05) is 28.1 Å². The summed E-state index contributed by atoms with van der Waals surface area (Å²) in [5.74, 6) is 1.46. The first-order chi connectivity index (χ1) is 12.7. The van der Waals surface area contributed by atoms with Gasteiger partial charge in [-0.05, 0) is 37.0 Å². The van der Waals surface area contributed by atoms with Crippen molar-refractivity contribution in [2.24, 2.45) is 0 Å². The molecule has 0 radical (unpaired) electrons. The summed E-state index contributed by atoms with van der Waals surface area (Å²) in [6.07, 6.45) is 4.32. The van der Waals surface area contributed by atoms with Crippen LogP contribution in [-0.4, -0.2) is 22.1 Å². The molecule has 2 rings (SSSR count). The Morgan fingerprint density at radius 3 is 2.31 bits per heavy atom. The zero-order valence-corrected chi connectivity index (χ0v) is 17.3. The molecule has 0 aliphatic rings. The molecule has 5 heteroatoms. The second kappa shape index (κ2) is 13.2. The van der Waals surface area contributed by atoms with Gasteiger partial charge in [0.05, 0.1) is 0 Å². The number of carbonyl (C=O) groups is 1. The molecular formula is C21H26O2S3. The maximum atomic E-state index is 10.7. The normalized spacial score (nSPS) is 12.0. The number of rotatable bonds is 13. The summed E-state index contributed by atoms with van der Waals surface area (Å²) in [6.45, 7) is 0. The van der Waals surface area contributed by atoms with Gasteiger partial charge < -0.3 is 5.11 Å². The topological polar surface area (TPSA) is 37.3 Å². The van der Waals surface area contributed by atoms with Gasteiger partial charge in [0.25, 0.3) is 0 Å². The molecule has 0 fully saturated rings. The maximum absolute atomic E-state index is 10.7. The van der Waals surface area contributed by atoms with E-state index in [1.807, 2.05) is 39.4 Å². The molecule has 0 aromatic heterocycles. The average molecular weight is 407 g/mol. The van der Waals surface area contributed by atoms with E-state index in [1.54, 1.807) is 0 Å². The summed E-state index contributed by atoms with van der Waals surface area (Å²) in [4.78, 5) is 12.0. The van der Waals surface area contributed by atoms with E-state index < -0.39 is 5.97 Å². The van der Waals surface area contributed by atoms with Crippen LogP contribution < -0.4 is 0 Å². The molecule has 26 heavy (non-hydrogen) atoms. The quantitative estimate of drug-likeness (QED) is 0.294. The molecule has 1 unspecified atom stereocenters. The summed E-state index contributed by atoms with van der Waals surface area (Å²) in [6, 6.07) is 21.1. The zero-order chi connectivity index (χ0) is 18.5. The van der Waals surface area contributed by atoms with E-state index >= 15 is 0 Å². The number of unbranched alkanes of at least 4 members (excludes halogenated alkanes) is 1. The number of aliphatic carboxylic acids is 1. The minimum atomic E-state index is -0.687. The van der Waals surface area contributed by atoms with Gasteiger partial charge >= 0.3 is 5.97 Å². The highest BCUT2D eigenvalue weighted by Gasteiger charge is 2.11. The number of hydrogen-bond acceptors (Lipinski definition) is 4. The van der Waals surface area contributed by atoms with E-state index in [9.17, 15) is 4.79 Å². The van der Waals surface area contributed by atoms with E-state index in [2.05, 4.69) is 54.6 Å². The first-order valence-corrected chi connectivity index (χ1v) is 12.3. The first-order valence-electron chi connectivity index (χ1n) is 8.96. The smallest absolute Gasteiger partial charge is 0.303 e. The molecular weight excluding hydrogens is 380 g/mol. The Morgan fingerprint density at radius 2 is 1.62 bits per heavy atom. The lowest BCUT2D eigenvalue weighted by Gasteiger charge is -2.16. The van der Waals surface area contributed by atoms with E-state index in [0.717, 1.165) is 37.2 Å². The van der Waals surface area contributed by atoms with Crippen LogP contribution in [0.25, 0.3) is 0 Å². The molecule has 1 atom stereocenters. The van der Waals surface area contributed by atoms with Gasteiger partial charge in [-0.15, -0.1) is 0 Å². The highest BCUT2D eigenvalue weighted by Crippen LogP contribution is 2.33. The van der Waals surface area contributed by atoms with E-state index in [0.29, 0.717) is 5.25 Å². The van der Waals surface area contributed by atoms with Crippen LogP contribution in [-0.2, 0) is 10.5 Å². The van der Waals surface area contributed by atoms with Gasteiger partial charge in [0.2, 0.25) is 0 Å². The second-order valence-electron chi connectivity index (χ2n) is 6.07. The Labute approximate surface area is 168 Å². The van der Waals surface area contributed by atoms with Gasteiger partial charge in [-0.2, -0.15) is 11.8 Å². The molecule has 0 saturated heterocycles. The van der Waals surface area contributed by atoms with Crippen LogP contribution in [0, 0.1) is 0 Å². The van der Waals surface area contributed by atoms with Crippen LogP contribution in [0.5, 0.6) is 0 Å². The van der Waals surface area contributed by atoms with Crippen LogP contribution in [0.15, 0.2) is 65.6 Å². The number of benzene rings is 2. The molecule has 0 aliphatic heterocycles. The van der Waals surface area contributed by atoms with Crippen LogP contribution in [0.4, 0.5) is 0 Å². The number of hydrogen-bond donors (Lipinski definition) is 1. The maximum Gasteiger partial charge on any atom is 0.303 e. The molecule has 140 valence electrons. The summed E-state index contributed by atoms with van der Waals surface area (Å²) >= 11 is 2.01. The lowest BCUT2D eigenvalue weighted by Crippen LogP contribution is -2.05. The summed E-state index contributed by atoms with van der Waals surface area (Å²) in [5.41, 5.74) is 1.36. The van der Waals surface area contributed by atoms with E-state index in [-0.39, 0.29) is 6.42 Å². The third-order valence-corrected chi connectivity index (χ3v) is 7.78. The predicted molar refractivity (Wildman–Crippen MR) is 117 cm³/mol. The highest BCUT2D eigenvalue weighted by molar-refractivity contribution is 8.76. The minimum absolute atomic E-state index is 0.286. The zero-order valence-electron chi connectivity index (χ0n) is 14.9. The summed E-state index contributed by atoms with van der Waals surface area (Å²) in [5, 5.41) is 9.39. The van der Waals surface area contributed by atoms with Gasteiger partial charge in [-0.3, -0.25) is 4.79 Å². The second-order valence-corrected chi connectivity index (χ2v) is 9.84. The summed E-state index contributed by atoms with van der Waals surface area (Å²) in [7, 11) is 3.75. The third-order valence-electron chi connectivity index (χ3n) is 3.92. The van der Waals surface area contributed by atoms with Gasteiger partial charge in [-0.25, -0.2) is 0 Å². The Morgan fingerprint density at radius 1 is 0.923 bits per heavy atom. The number of carboxylic acid groups (broad SMARTS) is 1. The molecule has 2 aromatic carbocycles. The van der Waals surface area contributed by atoms with Crippen molar-refractivity contribution in [1.82, 2.24) is 0 Å². The number of thioether (sulfide) groups is 1. The molecule has 0 saturated carbocycles. The molecule has 1 N–H and O–H groups in total. The highest BCUT2D eigenvalue weighted by atomic mass is 33.1. The molecule has 0 aliphatic carbocycles. The van der Waals surface area contributed by atoms with Crippen LogP contribution >= 0.6 is 33.3 Å². The Hall–Kier alpha value is -1.04. The van der Waals surface area contributed by atoms with Gasteiger partial charge in [-0.1, -0.05) is 76.5 Å². The first kappa shape index (κ1) is 21.3. The largest absolute Gasteiger partial charge is 0.481 e. The van der Waals surface area contributed by atoms with Crippen molar-refractivity contribution in [2.75, 3.05) is 5.75 Å².